The quantitative estimate of drug-likeness (QED) is 0.847. The Bertz CT molecular complexity index is 434. The van der Waals surface area contributed by atoms with Crippen molar-refractivity contribution >= 4 is 18.3 Å². The molecule has 1 aliphatic rings. The number of carbonyl (C=O) groups excluding carboxylic acids is 1. The summed E-state index contributed by atoms with van der Waals surface area (Å²) in [6.07, 6.45) is 3.56. The zero-order valence-electron chi connectivity index (χ0n) is 12.6. The van der Waals surface area contributed by atoms with Gasteiger partial charge in [0.25, 0.3) is 5.91 Å². The van der Waals surface area contributed by atoms with E-state index in [4.69, 9.17) is 4.74 Å². The molecule has 2 rings (SSSR count). The first-order valence-corrected chi connectivity index (χ1v) is 7.41. The van der Waals surface area contributed by atoms with Crippen LogP contribution in [0.15, 0.2) is 24.3 Å². The summed E-state index contributed by atoms with van der Waals surface area (Å²) in [5.41, 5.74) is 1.13. The highest BCUT2D eigenvalue weighted by atomic mass is 35.5. The molecule has 1 aromatic rings. The highest BCUT2D eigenvalue weighted by Crippen LogP contribution is 2.13. The number of aryl methyl sites for hydroxylation is 1. The monoisotopic (exact) mass is 312 g/mol. The number of nitrogens with one attached hydrogen (secondary N) is 2. The van der Waals surface area contributed by atoms with Gasteiger partial charge in [-0.25, -0.2) is 0 Å². The second-order valence-electron chi connectivity index (χ2n) is 5.46. The second kappa shape index (κ2) is 9.64. The van der Waals surface area contributed by atoms with Crippen molar-refractivity contribution in [1.82, 2.24) is 10.6 Å². The molecule has 1 fully saturated rings. The van der Waals surface area contributed by atoms with Gasteiger partial charge in [0.05, 0.1) is 0 Å². The van der Waals surface area contributed by atoms with Crippen LogP contribution in [0, 0.1) is 12.8 Å². The molecule has 21 heavy (non-hydrogen) atoms. The summed E-state index contributed by atoms with van der Waals surface area (Å²) in [6, 6.07) is 7.73. The van der Waals surface area contributed by atoms with Crippen molar-refractivity contribution < 1.29 is 9.53 Å². The van der Waals surface area contributed by atoms with Crippen molar-refractivity contribution in [3.63, 3.8) is 0 Å². The van der Waals surface area contributed by atoms with Crippen molar-refractivity contribution in [3.8, 4) is 5.75 Å². The summed E-state index contributed by atoms with van der Waals surface area (Å²) in [7, 11) is 0. The van der Waals surface area contributed by atoms with E-state index in [1.807, 2.05) is 31.2 Å². The molecular weight excluding hydrogens is 288 g/mol. The summed E-state index contributed by atoms with van der Waals surface area (Å²) in [5.74, 6) is 1.40. The lowest BCUT2D eigenvalue weighted by Crippen LogP contribution is -2.34. The van der Waals surface area contributed by atoms with Gasteiger partial charge in [-0.2, -0.15) is 0 Å². The first kappa shape index (κ1) is 17.8. The van der Waals surface area contributed by atoms with E-state index in [9.17, 15) is 4.79 Å². The molecule has 1 unspecified atom stereocenters. The van der Waals surface area contributed by atoms with Gasteiger partial charge in [0.2, 0.25) is 0 Å². The lowest BCUT2D eigenvalue weighted by molar-refractivity contribution is -0.123. The number of rotatable bonds is 6. The molecule has 118 valence electrons. The number of benzene rings is 1. The maximum Gasteiger partial charge on any atom is 0.257 e. The topological polar surface area (TPSA) is 50.4 Å². The van der Waals surface area contributed by atoms with E-state index >= 15 is 0 Å². The zero-order valence-corrected chi connectivity index (χ0v) is 13.4. The zero-order chi connectivity index (χ0) is 14.2. The summed E-state index contributed by atoms with van der Waals surface area (Å²) in [6.45, 7) is 5.04. The minimum absolute atomic E-state index is 0. The first-order chi connectivity index (χ1) is 9.74. The Labute approximate surface area is 133 Å². The molecule has 0 bridgehead atoms. The maximum atomic E-state index is 11.7. The third-order valence-corrected chi connectivity index (χ3v) is 3.63. The van der Waals surface area contributed by atoms with Crippen LogP contribution >= 0.6 is 12.4 Å². The molecule has 5 heteroatoms. The molecule has 0 aromatic heterocycles. The van der Waals surface area contributed by atoms with Crippen molar-refractivity contribution in [2.75, 3.05) is 26.2 Å². The number of carbonyl (C=O) groups is 1. The standard InChI is InChI=1S/C16H24N2O2.ClH/c1-13-4-2-6-15(10-13)20-12-16(19)18-9-7-14-5-3-8-17-11-14;/h2,4,6,10,14,17H,3,5,7-9,11-12H2,1H3,(H,18,19);1H. The Hall–Kier alpha value is -1.26. The Balaban J connectivity index is 0.00000220. The molecule has 0 spiro atoms. The summed E-state index contributed by atoms with van der Waals surface area (Å²) < 4.78 is 5.47. The van der Waals surface area contributed by atoms with Gasteiger partial charge in [-0.05, 0) is 62.9 Å². The maximum absolute atomic E-state index is 11.7. The lowest BCUT2D eigenvalue weighted by atomic mass is 9.96. The number of hydrogen-bond donors (Lipinski definition) is 2. The summed E-state index contributed by atoms with van der Waals surface area (Å²) in [5, 5.41) is 6.31. The molecule has 4 nitrogen and oxygen atoms in total. The van der Waals surface area contributed by atoms with Crippen LogP contribution in [0.4, 0.5) is 0 Å². The molecule has 1 atom stereocenters. The predicted octanol–water partition coefficient (Wildman–Crippen LogP) is 2.30. The lowest BCUT2D eigenvalue weighted by Gasteiger charge is -2.22. The van der Waals surface area contributed by atoms with E-state index < -0.39 is 0 Å². The van der Waals surface area contributed by atoms with Gasteiger partial charge in [-0.3, -0.25) is 4.79 Å². The van der Waals surface area contributed by atoms with Crippen LogP contribution in [-0.4, -0.2) is 32.1 Å². The minimum Gasteiger partial charge on any atom is -0.484 e. The fraction of sp³-hybridized carbons (Fsp3) is 0.562. The van der Waals surface area contributed by atoms with Gasteiger partial charge < -0.3 is 15.4 Å². The SMILES string of the molecule is Cc1cccc(OCC(=O)NCCC2CCCNC2)c1.Cl. The van der Waals surface area contributed by atoms with Crippen molar-refractivity contribution in [1.29, 1.82) is 0 Å². The van der Waals surface area contributed by atoms with Crippen LogP contribution in [0.5, 0.6) is 5.75 Å². The van der Waals surface area contributed by atoms with E-state index in [-0.39, 0.29) is 24.9 Å². The molecule has 1 heterocycles. The average Bonchev–Trinajstić information content (AvgIpc) is 2.46. The van der Waals surface area contributed by atoms with E-state index in [2.05, 4.69) is 10.6 Å². The fourth-order valence-corrected chi connectivity index (χ4v) is 2.49. The third kappa shape index (κ3) is 6.82. The largest absolute Gasteiger partial charge is 0.484 e. The van der Waals surface area contributed by atoms with Gasteiger partial charge in [0.1, 0.15) is 5.75 Å². The van der Waals surface area contributed by atoms with Crippen molar-refractivity contribution in [2.45, 2.75) is 26.2 Å². The van der Waals surface area contributed by atoms with Crippen LogP contribution < -0.4 is 15.4 Å². The molecule has 0 aliphatic carbocycles. The Morgan fingerprint density at radius 1 is 1.48 bits per heavy atom. The average molecular weight is 313 g/mol. The number of ether oxygens (including phenoxy) is 1. The van der Waals surface area contributed by atoms with E-state index in [1.54, 1.807) is 0 Å². The number of hydrogen-bond acceptors (Lipinski definition) is 3. The fourth-order valence-electron chi connectivity index (χ4n) is 2.49. The van der Waals surface area contributed by atoms with Gasteiger partial charge in [0, 0.05) is 6.54 Å². The molecule has 0 saturated carbocycles. The van der Waals surface area contributed by atoms with Crippen LogP contribution in [-0.2, 0) is 4.79 Å². The molecular formula is C16H25ClN2O2. The molecule has 2 N–H and O–H groups in total. The van der Waals surface area contributed by atoms with E-state index in [1.165, 1.54) is 12.8 Å². The van der Waals surface area contributed by atoms with Crippen LogP contribution in [0.25, 0.3) is 0 Å². The van der Waals surface area contributed by atoms with Gasteiger partial charge in [-0.15, -0.1) is 12.4 Å². The van der Waals surface area contributed by atoms with Gasteiger partial charge >= 0.3 is 0 Å². The predicted molar refractivity (Wildman–Crippen MR) is 87.1 cm³/mol. The Kier molecular flexibility index (Phi) is 8.16. The Morgan fingerprint density at radius 2 is 2.33 bits per heavy atom. The van der Waals surface area contributed by atoms with Crippen LogP contribution in [0.2, 0.25) is 0 Å². The van der Waals surface area contributed by atoms with Crippen LogP contribution in [0.1, 0.15) is 24.8 Å². The summed E-state index contributed by atoms with van der Waals surface area (Å²) >= 11 is 0. The summed E-state index contributed by atoms with van der Waals surface area (Å²) in [4.78, 5) is 11.7. The number of amides is 1. The smallest absolute Gasteiger partial charge is 0.257 e. The number of halogens is 1. The van der Waals surface area contributed by atoms with E-state index in [0.29, 0.717) is 5.92 Å². The second-order valence-corrected chi connectivity index (χ2v) is 5.46. The van der Waals surface area contributed by atoms with Gasteiger partial charge in [-0.1, -0.05) is 12.1 Å². The van der Waals surface area contributed by atoms with Crippen molar-refractivity contribution in [2.24, 2.45) is 5.92 Å². The molecule has 1 amide bonds. The molecule has 1 aromatic carbocycles. The third-order valence-electron chi connectivity index (χ3n) is 3.63. The first-order valence-electron chi connectivity index (χ1n) is 7.41. The van der Waals surface area contributed by atoms with Crippen LogP contribution in [0.3, 0.4) is 0 Å². The molecule has 1 aliphatic heterocycles. The molecule has 0 radical (unpaired) electrons. The minimum atomic E-state index is -0.0460. The normalized spacial score (nSPS) is 17.7. The van der Waals surface area contributed by atoms with Crippen molar-refractivity contribution in [3.05, 3.63) is 29.8 Å². The molecule has 1 saturated heterocycles. The van der Waals surface area contributed by atoms with Gasteiger partial charge in [0.15, 0.2) is 6.61 Å². The van der Waals surface area contributed by atoms with E-state index in [0.717, 1.165) is 37.4 Å². The Morgan fingerprint density at radius 3 is 3.05 bits per heavy atom. The highest BCUT2D eigenvalue weighted by molar-refractivity contribution is 5.85. The highest BCUT2D eigenvalue weighted by Gasteiger charge is 2.12. The number of piperidine rings is 1.